The van der Waals surface area contributed by atoms with Crippen molar-refractivity contribution >= 4 is 22.8 Å². The van der Waals surface area contributed by atoms with Crippen LogP contribution in [0.15, 0.2) is 42.5 Å². The molecule has 3 aromatic rings. The summed E-state index contributed by atoms with van der Waals surface area (Å²) in [6.07, 6.45) is -3.04. The van der Waals surface area contributed by atoms with Gasteiger partial charge in [-0.3, -0.25) is 0 Å². The fourth-order valence-electron chi connectivity index (χ4n) is 3.43. The van der Waals surface area contributed by atoms with Gasteiger partial charge in [-0.2, -0.15) is 13.2 Å². The Bertz CT molecular complexity index is 1130. The van der Waals surface area contributed by atoms with Crippen LogP contribution < -0.4 is 10.1 Å². The Morgan fingerprint density at radius 1 is 1.18 bits per heavy atom. The van der Waals surface area contributed by atoms with Gasteiger partial charge in [0.15, 0.2) is 0 Å². The number of alkyl halides is 3. The van der Waals surface area contributed by atoms with Crippen molar-refractivity contribution < 1.29 is 27.8 Å². The summed E-state index contributed by atoms with van der Waals surface area (Å²) in [5.74, 6) is -1.01. The van der Waals surface area contributed by atoms with Crippen LogP contribution >= 0.6 is 0 Å². The fraction of sp³-hybridized carbons (Fsp3) is 0.375. The number of carboxylic acids is 1. The molecular formula is C24H27F3N4O3. The molecule has 0 spiro atoms. The third kappa shape index (κ3) is 6.80. The second-order valence-corrected chi connectivity index (χ2v) is 7.91. The molecule has 0 amide bonds. The summed E-state index contributed by atoms with van der Waals surface area (Å²) in [5, 5.41) is 10.7. The number of nitrogens with one attached hydrogen (secondary N) is 1. The molecule has 0 radical (unpaired) electrons. The second kappa shape index (κ2) is 11.1. The van der Waals surface area contributed by atoms with E-state index in [1.807, 2.05) is 24.3 Å². The fourth-order valence-corrected chi connectivity index (χ4v) is 3.43. The number of halogens is 3. The zero-order valence-corrected chi connectivity index (χ0v) is 19.0. The maximum atomic E-state index is 10.6. The van der Waals surface area contributed by atoms with E-state index in [1.54, 1.807) is 7.11 Å². The zero-order valence-electron chi connectivity index (χ0n) is 19.0. The molecule has 182 valence electrons. The first kappa shape index (κ1) is 25.2. The monoisotopic (exact) mass is 476 g/mol. The number of carbonyl (C=O) groups is 1. The number of para-hydroxylation sites is 1. The Morgan fingerprint density at radius 2 is 1.88 bits per heavy atom. The van der Waals surface area contributed by atoms with Crippen molar-refractivity contribution in [3.8, 4) is 5.75 Å². The van der Waals surface area contributed by atoms with Crippen LogP contribution in [-0.2, 0) is 11.2 Å². The van der Waals surface area contributed by atoms with Gasteiger partial charge >= 0.3 is 12.1 Å². The van der Waals surface area contributed by atoms with Gasteiger partial charge in [0.25, 0.3) is 0 Å². The molecule has 0 atom stereocenters. The van der Waals surface area contributed by atoms with E-state index in [2.05, 4.69) is 35.3 Å². The normalized spacial score (nSPS) is 13.6. The summed E-state index contributed by atoms with van der Waals surface area (Å²) >= 11 is 0. The minimum atomic E-state index is -5.08. The van der Waals surface area contributed by atoms with Gasteiger partial charge in [-0.25, -0.2) is 14.8 Å². The number of hydrogen-bond acceptors (Lipinski definition) is 6. The van der Waals surface area contributed by atoms with E-state index in [9.17, 15) is 13.2 Å². The number of nitrogens with zero attached hydrogens (tertiary/aromatic N) is 3. The van der Waals surface area contributed by atoms with Crippen molar-refractivity contribution in [2.75, 3.05) is 38.6 Å². The smallest absolute Gasteiger partial charge is 0.490 e. The maximum Gasteiger partial charge on any atom is 0.490 e. The summed E-state index contributed by atoms with van der Waals surface area (Å²) in [7, 11) is 1.70. The van der Waals surface area contributed by atoms with Crippen LogP contribution in [-0.4, -0.2) is 65.4 Å². The van der Waals surface area contributed by atoms with Gasteiger partial charge in [0.05, 0.1) is 23.8 Å². The molecule has 1 aliphatic rings. The number of hydrogen-bond donors (Lipinski definition) is 2. The molecule has 1 fully saturated rings. The number of aliphatic carboxylic acids is 1. The van der Waals surface area contributed by atoms with E-state index < -0.39 is 12.1 Å². The molecule has 2 aromatic carbocycles. The van der Waals surface area contributed by atoms with Crippen LogP contribution in [0, 0.1) is 6.92 Å². The highest BCUT2D eigenvalue weighted by atomic mass is 19.4. The third-order valence-electron chi connectivity index (χ3n) is 5.39. The number of ether oxygens (including phenoxy) is 1. The number of anilines is 1. The van der Waals surface area contributed by atoms with E-state index in [4.69, 9.17) is 24.6 Å². The molecule has 1 aliphatic heterocycles. The molecule has 0 unspecified atom stereocenters. The number of rotatable bonds is 7. The van der Waals surface area contributed by atoms with Gasteiger partial charge in [-0.1, -0.05) is 24.3 Å². The average molecular weight is 476 g/mol. The molecule has 2 heterocycles. The van der Waals surface area contributed by atoms with Crippen LogP contribution in [0.2, 0.25) is 0 Å². The zero-order chi connectivity index (χ0) is 24.7. The molecule has 0 bridgehead atoms. The Kier molecular flexibility index (Phi) is 8.27. The lowest BCUT2D eigenvalue weighted by Crippen LogP contribution is -2.40. The highest BCUT2D eigenvalue weighted by Crippen LogP contribution is 2.23. The second-order valence-electron chi connectivity index (χ2n) is 7.91. The average Bonchev–Trinajstić information content (AvgIpc) is 2.76. The molecule has 34 heavy (non-hydrogen) atoms. The van der Waals surface area contributed by atoms with Crippen molar-refractivity contribution in [3.05, 3.63) is 59.3 Å². The predicted octanol–water partition coefficient (Wildman–Crippen LogP) is 4.29. The Labute approximate surface area is 195 Å². The SMILES string of the molecule is COc1cccc(Cc2nc3c(C)cccc3nc2NCCN2CCC2)c1.O=C(O)C(F)(F)F. The lowest BCUT2D eigenvalue weighted by atomic mass is 10.1. The van der Waals surface area contributed by atoms with Crippen molar-refractivity contribution in [1.29, 1.82) is 0 Å². The number of benzene rings is 2. The Morgan fingerprint density at radius 3 is 2.50 bits per heavy atom. The van der Waals surface area contributed by atoms with Crippen molar-refractivity contribution in [3.63, 3.8) is 0 Å². The molecule has 0 saturated carbocycles. The molecule has 2 N–H and O–H groups in total. The van der Waals surface area contributed by atoms with Gasteiger partial charge in [0, 0.05) is 19.5 Å². The molecule has 1 aromatic heterocycles. The number of carboxylic acid groups (broad SMARTS) is 1. The number of fused-ring (bicyclic) bond motifs is 1. The molecule has 0 aliphatic carbocycles. The largest absolute Gasteiger partial charge is 0.497 e. The van der Waals surface area contributed by atoms with Gasteiger partial charge < -0.3 is 20.1 Å². The Balaban J connectivity index is 0.000000406. The summed E-state index contributed by atoms with van der Waals surface area (Å²) in [6, 6.07) is 14.3. The number of aryl methyl sites for hydroxylation is 1. The molecule has 4 rings (SSSR count). The minimum Gasteiger partial charge on any atom is -0.497 e. The first-order chi connectivity index (χ1) is 16.2. The van der Waals surface area contributed by atoms with Crippen LogP contribution in [0.4, 0.5) is 19.0 Å². The van der Waals surface area contributed by atoms with Crippen LogP contribution in [0.3, 0.4) is 0 Å². The molecule has 1 saturated heterocycles. The molecule has 7 nitrogen and oxygen atoms in total. The van der Waals surface area contributed by atoms with Crippen LogP contribution in [0.5, 0.6) is 5.75 Å². The highest BCUT2D eigenvalue weighted by molar-refractivity contribution is 5.79. The van der Waals surface area contributed by atoms with Crippen LogP contribution in [0.25, 0.3) is 11.0 Å². The summed E-state index contributed by atoms with van der Waals surface area (Å²) < 4.78 is 37.1. The quantitative estimate of drug-likeness (QED) is 0.526. The number of aromatic nitrogens is 2. The van der Waals surface area contributed by atoms with E-state index in [0.717, 1.165) is 53.4 Å². The first-order valence-corrected chi connectivity index (χ1v) is 10.8. The van der Waals surface area contributed by atoms with Gasteiger partial charge in [0.2, 0.25) is 0 Å². The first-order valence-electron chi connectivity index (χ1n) is 10.8. The lowest BCUT2D eigenvalue weighted by molar-refractivity contribution is -0.192. The van der Waals surface area contributed by atoms with E-state index in [1.165, 1.54) is 25.1 Å². The lowest BCUT2D eigenvalue weighted by Gasteiger charge is -2.30. The number of methoxy groups -OCH3 is 1. The van der Waals surface area contributed by atoms with E-state index >= 15 is 0 Å². The summed E-state index contributed by atoms with van der Waals surface area (Å²) in [6.45, 7) is 6.44. The Hall–Kier alpha value is -3.40. The van der Waals surface area contributed by atoms with Crippen molar-refractivity contribution in [2.24, 2.45) is 0 Å². The van der Waals surface area contributed by atoms with Crippen molar-refractivity contribution in [1.82, 2.24) is 14.9 Å². The van der Waals surface area contributed by atoms with Crippen molar-refractivity contribution in [2.45, 2.75) is 25.9 Å². The van der Waals surface area contributed by atoms with Gasteiger partial charge in [-0.05, 0) is 55.8 Å². The molecule has 10 heteroatoms. The maximum absolute atomic E-state index is 10.6. The minimum absolute atomic E-state index is 0.723. The highest BCUT2D eigenvalue weighted by Gasteiger charge is 2.38. The standard InChI is InChI=1S/C22H26N4O.C2HF3O2/c1-16-6-3-9-19-21(16)24-20(15-17-7-4-8-18(14-17)27-2)22(25-19)23-10-13-26-11-5-12-26;3-2(4,5)1(6)7/h3-4,6-9,14H,5,10-13,15H2,1-2H3,(H,23,25);(H,6,7). The van der Waals surface area contributed by atoms with Crippen LogP contribution in [0.1, 0.15) is 23.2 Å². The third-order valence-corrected chi connectivity index (χ3v) is 5.39. The summed E-state index contributed by atoms with van der Waals surface area (Å²) in [4.78, 5) is 21.2. The summed E-state index contributed by atoms with van der Waals surface area (Å²) in [5.41, 5.74) is 5.22. The predicted molar refractivity (Wildman–Crippen MR) is 123 cm³/mol. The van der Waals surface area contributed by atoms with E-state index in [-0.39, 0.29) is 0 Å². The van der Waals surface area contributed by atoms with E-state index in [0.29, 0.717) is 0 Å². The van der Waals surface area contributed by atoms with Gasteiger partial charge in [-0.15, -0.1) is 0 Å². The molecular weight excluding hydrogens is 449 g/mol. The number of likely N-dealkylation sites (tertiary alicyclic amines) is 1. The topological polar surface area (TPSA) is 87.6 Å². The van der Waals surface area contributed by atoms with Gasteiger partial charge in [0.1, 0.15) is 11.6 Å².